The van der Waals surface area contributed by atoms with Crippen LogP contribution < -0.4 is 4.90 Å². The van der Waals surface area contributed by atoms with E-state index in [4.69, 9.17) is 0 Å². The SMILES string of the molecule is Cc1ccc(N(C)Cc2cncn2C)nc1. The van der Waals surface area contributed by atoms with E-state index in [1.54, 1.807) is 0 Å². The molecule has 0 unspecified atom stereocenters. The predicted octanol–water partition coefficient (Wildman–Crippen LogP) is 1.76. The Labute approximate surface area is 95.6 Å². The van der Waals surface area contributed by atoms with Gasteiger partial charge in [0.15, 0.2) is 0 Å². The zero-order valence-electron chi connectivity index (χ0n) is 9.88. The van der Waals surface area contributed by atoms with Crippen molar-refractivity contribution >= 4 is 5.82 Å². The Balaban J connectivity index is 2.11. The third kappa shape index (κ3) is 2.21. The van der Waals surface area contributed by atoms with E-state index in [9.17, 15) is 0 Å². The zero-order valence-corrected chi connectivity index (χ0v) is 9.88. The summed E-state index contributed by atoms with van der Waals surface area (Å²) in [6.45, 7) is 2.85. The summed E-state index contributed by atoms with van der Waals surface area (Å²) < 4.78 is 2.02. The summed E-state index contributed by atoms with van der Waals surface area (Å²) in [7, 11) is 4.03. The summed E-state index contributed by atoms with van der Waals surface area (Å²) in [5.41, 5.74) is 2.35. The van der Waals surface area contributed by atoms with Gasteiger partial charge in [-0.3, -0.25) is 0 Å². The molecule has 0 aliphatic carbocycles. The second-order valence-corrected chi connectivity index (χ2v) is 4.05. The van der Waals surface area contributed by atoms with Crippen LogP contribution in [0.25, 0.3) is 0 Å². The largest absolute Gasteiger partial charge is 0.354 e. The lowest BCUT2D eigenvalue weighted by atomic mass is 10.3. The lowest BCUT2D eigenvalue weighted by Crippen LogP contribution is -2.19. The van der Waals surface area contributed by atoms with Crippen LogP contribution in [0.15, 0.2) is 30.9 Å². The summed E-state index contributed by atoms with van der Waals surface area (Å²) in [5, 5.41) is 0. The van der Waals surface area contributed by atoms with E-state index in [1.165, 1.54) is 11.3 Å². The Bertz CT molecular complexity index is 458. The minimum atomic E-state index is 0.812. The molecule has 0 aromatic carbocycles. The van der Waals surface area contributed by atoms with E-state index < -0.39 is 0 Å². The van der Waals surface area contributed by atoms with Crippen molar-refractivity contribution in [1.82, 2.24) is 14.5 Å². The quantitative estimate of drug-likeness (QED) is 0.784. The first-order valence-electron chi connectivity index (χ1n) is 5.26. The summed E-state index contributed by atoms with van der Waals surface area (Å²) >= 11 is 0. The van der Waals surface area contributed by atoms with Gasteiger partial charge >= 0.3 is 0 Å². The molecule has 0 aliphatic heterocycles. The average Bonchev–Trinajstić information content (AvgIpc) is 2.65. The van der Waals surface area contributed by atoms with E-state index >= 15 is 0 Å². The van der Waals surface area contributed by atoms with Gasteiger partial charge in [-0.2, -0.15) is 0 Å². The molecule has 2 rings (SSSR count). The first-order chi connectivity index (χ1) is 7.66. The van der Waals surface area contributed by atoms with Crippen LogP contribution in [0.3, 0.4) is 0 Å². The number of imidazole rings is 1. The molecule has 0 amide bonds. The fourth-order valence-electron chi connectivity index (χ4n) is 1.55. The predicted molar refractivity (Wildman–Crippen MR) is 64.3 cm³/mol. The number of aryl methyl sites for hydroxylation is 2. The number of aromatic nitrogens is 3. The minimum absolute atomic E-state index is 0.812. The molecule has 0 N–H and O–H groups in total. The van der Waals surface area contributed by atoms with Gasteiger partial charge in [0.25, 0.3) is 0 Å². The maximum Gasteiger partial charge on any atom is 0.128 e. The molecule has 0 fully saturated rings. The van der Waals surface area contributed by atoms with Crippen molar-refractivity contribution in [2.45, 2.75) is 13.5 Å². The highest BCUT2D eigenvalue weighted by Crippen LogP contribution is 2.12. The molecule has 2 aromatic heterocycles. The van der Waals surface area contributed by atoms with Crippen LogP contribution in [0.2, 0.25) is 0 Å². The highest BCUT2D eigenvalue weighted by atomic mass is 15.2. The Kier molecular flexibility index (Phi) is 2.90. The van der Waals surface area contributed by atoms with Gasteiger partial charge in [0, 0.05) is 26.5 Å². The summed E-state index contributed by atoms with van der Waals surface area (Å²) in [6, 6.07) is 4.10. The van der Waals surface area contributed by atoms with Crippen LogP contribution in [0, 0.1) is 6.92 Å². The van der Waals surface area contributed by atoms with Crippen molar-refractivity contribution < 1.29 is 0 Å². The molecular formula is C12H16N4. The van der Waals surface area contributed by atoms with Crippen LogP contribution in [0.1, 0.15) is 11.3 Å². The normalized spacial score (nSPS) is 10.4. The molecule has 4 heteroatoms. The Morgan fingerprint density at radius 1 is 1.31 bits per heavy atom. The molecule has 2 aromatic rings. The molecule has 0 saturated heterocycles. The van der Waals surface area contributed by atoms with Crippen molar-refractivity contribution in [3.63, 3.8) is 0 Å². The van der Waals surface area contributed by atoms with E-state index in [0.717, 1.165) is 12.4 Å². The van der Waals surface area contributed by atoms with Crippen LogP contribution >= 0.6 is 0 Å². The van der Waals surface area contributed by atoms with Crippen LogP contribution in [0.4, 0.5) is 5.82 Å². The van der Waals surface area contributed by atoms with E-state index in [-0.39, 0.29) is 0 Å². The fraction of sp³-hybridized carbons (Fsp3) is 0.333. The first kappa shape index (κ1) is 10.7. The summed E-state index contributed by atoms with van der Waals surface area (Å²) in [6.07, 6.45) is 5.57. The molecule has 2 heterocycles. The smallest absolute Gasteiger partial charge is 0.128 e. The molecule has 84 valence electrons. The summed E-state index contributed by atoms with van der Waals surface area (Å²) in [5.74, 6) is 0.979. The highest BCUT2D eigenvalue weighted by molar-refractivity contribution is 5.38. The summed E-state index contributed by atoms with van der Waals surface area (Å²) in [4.78, 5) is 10.6. The average molecular weight is 216 g/mol. The van der Waals surface area contributed by atoms with Crippen molar-refractivity contribution in [2.75, 3.05) is 11.9 Å². The van der Waals surface area contributed by atoms with Crippen LogP contribution in [0.5, 0.6) is 0 Å². The maximum atomic E-state index is 4.38. The van der Waals surface area contributed by atoms with Crippen LogP contribution in [-0.2, 0) is 13.6 Å². The van der Waals surface area contributed by atoms with Crippen molar-refractivity contribution in [3.8, 4) is 0 Å². The number of hydrogen-bond acceptors (Lipinski definition) is 3. The standard InChI is InChI=1S/C12H16N4/c1-10-4-5-12(14-6-10)15(2)8-11-7-13-9-16(11)3/h4-7,9H,8H2,1-3H3. The van der Waals surface area contributed by atoms with Gasteiger partial charge in [-0.05, 0) is 18.6 Å². The number of pyridine rings is 1. The molecule has 0 radical (unpaired) electrons. The monoisotopic (exact) mass is 216 g/mol. The van der Waals surface area contributed by atoms with Crippen LogP contribution in [-0.4, -0.2) is 21.6 Å². The van der Waals surface area contributed by atoms with Gasteiger partial charge in [0.05, 0.1) is 18.6 Å². The third-order valence-corrected chi connectivity index (χ3v) is 2.60. The van der Waals surface area contributed by atoms with E-state index in [0.29, 0.717) is 0 Å². The van der Waals surface area contributed by atoms with Gasteiger partial charge in [-0.1, -0.05) is 6.07 Å². The lowest BCUT2D eigenvalue weighted by Gasteiger charge is -2.18. The van der Waals surface area contributed by atoms with Gasteiger partial charge in [0.1, 0.15) is 5.82 Å². The van der Waals surface area contributed by atoms with E-state index in [1.807, 2.05) is 50.4 Å². The lowest BCUT2D eigenvalue weighted by molar-refractivity contribution is 0.781. The zero-order chi connectivity index (χ0) is 11.5. The maximum absolute atomic E-state index is 4.38. The van der Waals surface area contributed by atoms with E-state index in [2.05, 4.69) is 20.9 Å². The second-order valence-electron chi connectivity index (χ2n) is 4.05. The topological polar surface area (TPSA) is 34.0 Å². The van der Waals surface area contributed by atoms with Crippen molar-refractivity contribution in [1.29, 1.82) is 0 Å². The molecule has 0 spiro atoms. The van der Waals surface area contributed by atoms with Gasteiger partial charge in [0.2, 0.25) is 0 Å². The molecule has 0 bridgehead atoms. The Morgan fingerprint density at radius 3 is 2.69 bits per heavy atom. The highest BCUT2D eigenvalue weighted by Gasteiger charge is 2.05. The molecule has 4 nitrogen and oxygen atoms in total. The van der Waals surface area contributed by atoms with Gasteiger partial charge in [-0.25, -0.2) is 9.97 Å². The molecule has 0 saturated carbocycles. The number of nitrogens with zero attached hydrogens (tertiary/aromatic N) is 4. The molecule has 0 atom stereocenters. The number of anilines is 1. The second kappa shape index (κ2) is 4.35. The fourth-order valence-corrected chi connectivity index (χ4v) is 1.55. The van der Waals surface area contributed by atoms with Gasteiger partial charge < -0.3 is 9.47 Å². The van der Waals surface area contributed by atoms with Crippen molar-refractivity contribution in [2.24, 2.45) is 7.05 Å². The first-order valence-corrected chi connectivity index (χ1v) is 5.26. The molecule has 16 heavy (non-hydrogen) atoms. The van der Waals surface area contributed by atoms with Gasteiger partial charge in [-0.15, -0.1) is 0 Å². The number of rotatable bonds is 3. The van der Waals surface area contributed by atoms with Crippen molar-refractivity contribution in [3.05, 3.63) is 42.1 Å². The minimum Gasteiger partial charge on any atom is -0.354 e. The number of hydrogen-bond donors (Lipinski definition) is 0. The molecular weight excluding hydrogens is 200 g/mol. The Morgan fingerprint density at radius 2 is 2.12 bits per heavy atom. The Hall–Kier alpha value is -1.84. The third-order valence-electron chi connectivity index (χ3n) is 2.60. The molecule has 0 aliphatic rings.